The van der Waals surface area contributed by atoms with E-state index in [0.717, 1.165) is 25.9 Å². The summed E-state index contributed by atoms with van der Waals surface area (Å²) in [5.74, 6) is -0.122. The number of rotatable bonds is 25. The molecule has 30 heavy (non-hydrogen) atoms. The lowest BCUT2D eigenvalue weighted by Gasteiger charge is -2.08. The number of esters is 1. The monoisotopic (exact) mass is 432 g/mol. The summed E-state index contributed by atoms with van der Waals surface area (Å²) in [6.07, 6.45) is 13.8. The lowest BCUT2D eigenvalue weighted by molar-refractivity contribution is -0.145. The number of hydrogen-bond donors (Lipinski definition) is 0. The van der Waals surface area contributed by atoms with Crippen LogP contribution in [0.4, 0.5) is 0 Å². The standard InChI is InChI=1S/C24H48O6/c1-3-5-7-9-10-12-14-24(25)30-23-22-29-21-20-28-19-18-27-17-16-26-15-13-11-8-6-4-2/h3-23H2,1-2H3. The van der Waals surface area contributed by atoms with E-state index in [1.165, 1.54) is 51.4 Å². The Bertz CT molecular complexity index is 338. The predicted molar refractivity (Wildman–Crippen MR) is 121 cm³/mol. The van der Waals surface area contributed by atoms with Gasteiger partial charge in [-0.15, -0.1) is 0 Å². The maximum absolute atomic E-state index is 11.6. The van der Waals surface area contributed by atoms with Crippen LogP contribution in [0.1, 0.15) is 90.9 Å². The molecule has 0 bridgehead atoms. The fourth-order valence-electron chi connectivity index (χ4n) is 2.91. The molecule has 0 heterocycles. The number of ether oxygens (including phenoxy) is 5. The summed E-state index contributed by atoms with van der Waals surface area (Å²) in [4.78, 5) is 11.6. The molecule has 0 aliphatic rings. The van der Waals surface area contributed by atoms with E-state index in [1.54, 1.807) is 0 Å². The molecule has 0 fully saturated rings. The second-order valence-corrected chi connectivity index (χ2v) is 7.60. The fourth-order valence-corrected chi connectivity index (χ4v) is 2.91. The van der Waals surface area contributed by atoms with E-state index in [0.29, 0.717) is 59.3 Å². The Hall–Kier alpha value is -0.690. The number of carbonyl (C=O) groups excluding carboxylic acids is 1. The first-order chi connectivity index (χ1) is 14.8. The Balaban J connectivity index is 3.10. The molecule has 0 amide bonds. The van der Waals surface area contributed by atoms with Gasteiger partial charge in [0, 0.05) is 13.0 Å². The van der Waals surface area contributed by atoms with E-state index in [1.807, 2.05) is 0 Å². The van der Waals surface area contributed by atoms with Crippen molar-refractivity contribution in [2.45, 2.75) is 90.9 Å². The zero-order valence-corrected chi connectivity index (χ0v) is 19.8. The van der Waals surface area contributed by atoms with E-state index in [-0.39, 0.29) is 5.97 Å². The molecule has 0 spiro atoms. The van der Waals surface area contributed by atoms with E-state index < -0.39 is 0 Å². The van der Waals surface area contributed by atoms with Gasteiger partial charge in [-0.05, 0) is 12.8 Å². The van der Waals surface area contributed by atoms with Crippen molar-refractivity contribution >= 4 is 5.97 Å². The highest BCUT2D eigenvalue weighted by molar-refractivity contribution is 5.69. The molecule has 0 aromatic rings. The second kappa shape index (κ2) is 26.3. The third-order valence-electron chi connectivity index (χ3n) is 4.73. The van der Waals surface area contributed by atoms with Crippen molar-refractivity contribution in [1.29, 1.82) is 0 Å². The lowest BCUT2D eigenvalue weighted by Crippen LogP contribution is -2.14. The largest absolute Gasteiger partial charge is 0.463 e. The molecule has 6 heteroatoms. The van der Waals surface area contributed by atoms with Gasteiger partial charge in [0.05, 0.1) is 46.2 Å². The van der Waals surface area contributed by atoms with Gasteiger partial charge in [0.2, 0.25) is 0 Å². The first kappa shape index (κ1) is 29.3. The first-order valence-corrected chi connectivity index (χ1v) is 12.3. The van der Waals surface area contributed by atoms with Crippen LogP contribution in [0.25, 0.3) is 0 Å². The minimum Gasteiger partial charge on any atom is -0.463 e. The maximum atomic E-state index is 11.6. The molecular formula is C24H48O6. The molecule has 0 saturated heterocycles. The average molecular weight is 433 g/mol. The van der Waals surface area contributed by atoms with Crippen LogP contribution < -0.4 is 0 Å². The normalized spacial score (nSPS) is 11.1. The molecule has 0 aromatic heterocycles. The smallest absolute Gasteiger partial charge is 0.305 e. The van der Waals surface area contributed by atoms with E-state index in [9.17, 15) is 4.79 Å². The Morgan fingerprint density at radius 1 is 0.467 bits per heavy atom. The van der Waals surface area contributed by atoms with Crippen molar-refractivity contribution in [2.75, 3.05) is 59.5 Å². The van der Waals surface area contributed by atoms with Gasteiger partial charge in [-0.2, -0.15) is 0 Å². The van der Waals surface area contributed by atoms with Crippen LogP contribution in [0.2, 0.25) is 0 Å². The quantitative estimate of drug-likeness (QED) is 0.144. The maximum Gasteiger partial charge on any atom is 0.305 e. The van der Waals surface area contributed by atoms with Crippen LogP contribution in [0.3, 0.4) is 0 Å². The van der Waals surface area contributed by atoms with Crippen LogP contribution in [0.15, 0.2) is 0 Å². The molecule has 0 saturated carbocycles. The van der Waals surface area contributed by atoms with Crippen molar-refractivity contribution in [3.63, 3.8) is 0 Å². The summed E-state index contributed by atoms with van der Waals surface area (Å²) < 4.78 is 27.0. The van der Waals surface area contributed by atoms with Crippen molar-refractivity contribution in [1.82, 2.24) is 0 Å². The van der Waals surface area contributed by atoms with E-state index in [4.69, 9.17) is 23.7 Å². The van der Waals surface area contributed by atoms with Gasteiger partial charge in [-0.25, -0.2) is 0 Å². The molecule has 0 rings (SSSR count). The predicted octanol–water partition coefficient (Wildman–Crippen LogP) is 5.32. The molecule has 0 atom stereocenters. The summed E-state index contributed by atoms with van der Waals surface area (Å²) in [6, 6.07) is 0. The average Bonchev–Trinajstić information content (AvgIpc) is 2.75. The zero-order chi connectivity index (χ0) is 22.0. The summed E-state index contributed by atoms with van der Waals surface area (Å²) in [5.41, 5.74) is 0. The Morgan fingerprint density at radius 3 is 1.40 bits per heavy atom. The number of hydrogen-bond acceptors (Lipinski definition) is 6. The minimum atomic E-state index is -0.122. The Labute approximate surface area is 185 Å². The SMILES string of the molecule is CCCCCCCCC(=O)OCCOCCOCCOCCOCCCCCCC. The summed E-state index contributed by atoms with van der Waals surface area (Å²) >= 11 is 0. The Morgan fingerprint density at radius 2 is 0.867 bits per heavy atom. The van der Waals surface area contributed by atoms with Gasteiger partial charge >= 0.3 is 5.97 Å². The van der Waals surface area contributed by atoms with Crippen LogP contribution >= 0.6 is 0 Å². The molecule has 0 aliphatic carbocycles. The summed E-state index contributed by atoms with van der Waals surface area (Å²) in [7, 11) is 0. The minimum absolute atomic E-state index is 0.122. The van der Waals surface area contributed by atoms with Crippen LogP contribution in [0, 0.1) is 0 Å². The highest BCUT2D eigenvalue weighted by Gasteiger charge is 2.02. The molecule has 180 valence electrons. The molecule has 0 aromatic carbocycles. The van der Waals surface area contributed by atoms with Gasteiger partial charge in [-0.1, -0.05) is 71.6 Å². The lowest BCUT2D eigenvalue weighted by atomic mass is 10.1. The molecule has 0 unspecified atom stereocenters. The zero-order valence-electron chi connectivity index (χ0n) is 19.8. The van der Waals surface area contributed by atoms with Crippen molar-refractivity contribution in [2.24, 2.45) is 0 Å². The fraction of sp³-hybridized carbons (Fsp3) is 0.958. The topological polar surface area (TPSA) is 63.2 Å². The molecule has 0 radical (unpaired) electrons. The highest BCUT2D eigenvalue weighted by Crippen LogP contribution is 2.07. The summed E-state index contributed by atoms with van der Waals surface area (Å²) in [5, 5.41) is 0. The van der Waals surface area contributed by atoms with Gasteiger partial charge in [0.25, 0.3) is 0 Å². The van der Waals surface area contributed by atoms with Gasteiger partial charge in [0.1, 0.15) is 6.61 Å². The third-order valence-corrected chi connectivity index (χ3v) is 4.73. The van der Waals surface area contributed by atoms with Crippen LogP contribution in [-0.2, 0) is 28.5 Å². The molecular weight excluding hydrogens is 384 g/mol. The van der Waals surface area contributed by atoms with Gasteiger partial charge in [-0.3, -0.25) is 4.79 Å². The molecule has 0 N–H and O–H groups in total. The second-order valence-electron chi connectivity index (χ2n) is 7.60. The van der Waals surface area contributed by atoms with Gasteiger partial charge < -0.3 is 23.7 Å². The van der Waals surface area contributed by atoms with Crippen LogP contribution in [0.5, 0.6) is 0 Å². The van der Waals surface area contributed by atoms with E-state index in [2.05, 4.69) is 13.8 Å². The first-order valence-electron chi connectivity index (χ1n) is 12.3. The van der Waals surface area contributed by atoms with Crippen LogP contribution in [-0.4, -0.2) is 65.4 Å². The summed E-state index contributed by atoms with van der Waals surface area (Å²) in [6.45, 7) is 9.37. The highest BCUT2D eigenvalue weighted by atomic mass is 16.6. The van der Waals surface area contributed by atoms with Crippen molar-refractivity contribution < 1.29 is 28.5 Å². The Kier molecular flexibility index (Phi) is 25.7. The van der Waals surface area contributed by atoms with Crippen molar-refractivity contribution in [3.05, 3.63) is 0 Å². The number of unbranched alkanes of at least 4 members (excludes halogenated alkanes) is 9. The van der Waals surface area contributed by atoms with Crippen molar-refractivity contribution in [3.8, 4) is 0 Å². The van der Waals surface area contributed by atoms with Gasteiger partial charge in [0.15, 0.2) is 0 Å². The van der Waals surface area contributed by atoms with E-state index >= 15 is 0 Å². The third kappa shape index (κ3) is 25.3. The number of carbonyl (C=O) groups is 1. The molecule has 0 aliphatic heterocycles. The molecule has 6 nitrogen and oxygen atoms in total.